The number of hydrogen-bond acceptors (Lipinski definition) is 3. The van der Waals surface area contributed by atoms with Crippen LogP contribution in [0.25, 0.3) is 11.0 Å². The molecular formula is C11H11IN2O2. The third kappa shape index (κ3) is 1.91. The lowest BCUT2D eigenvalue weighted by molar-refractivity contribution is -0.139. The van der Waals surface area contributed by atoms with Gasteiger partial charge in [0, 0.05) is 20.8 Å². The molecule has 1 N–H and O–H groups in total. The number of ether oxygens (including phenoxy) is 1. The van der Waals surface area contributed by atoms with E-state index in [1.165, 1.54) is 7.11 Å². The Hall–Kier alpha value is -1.11. The number of aromatic amines is 1. The molecule has 0 saturated heterocycles. The van der Waals surface area contributed by atoms with Crippen molar-refractivity contribution in [2.24, 2.45) is 0 Å². The average molecular weight is 330 g/mol. The molecular weight excluding hydrogens is 319 g/mol. The first-order valence-electron chi connectivity index (χ1n) is 4.82. The fraction of sp³-hybridized carbons (Fsp3) is 0.273. The van der Waals surface area contributed by atoms with Crippen molar-refractivity contribution in [2.75, 3.05) is 7.11 Å². The van der Waals surface area contributed by atoms with Gasteiger partial charge in [0.25, 0.3) is 0 Å². The van der Waals surface area contributed by atoms with E-state index >= 15 is 0 Å². The van der Waals surface area contributed by atoms with Crippen LogP contribution >= 0.6 is 22.6 Å². The highest BCUT2D eigenvalue weighted by Gasteiger charge is 2.14. The highest BCUT2D eigenvalue weighted by molar-refractivity contribution is 14.1. The maximum Gasteiger partial charge on any atom is 0.310 e. The van der Waals surface area contributed by atoms with Crippen LogP contribution in [-0.2, 0) is 16.0 Å². The molecule has 0 aromatic carbocycles. The highest BCUT2D eigenvalue weighted by Crippen LogP contribution is 2.24. The Bertz CT molecular complexity index is 548. The number of esters is 1. The lowest BCUT2D eigenvalue weighted by Crippen LogP contribution is -2.08. The Labute approximate surface area is 107 Å². The number of halogens is 1. The van der Waals surface area contributed by atoms with Crippen LogP contribution in [0.4, 0.5) is 0 Å². The zero-order valence-corrected chi connectivity index (χ0v) is 11.2. The SMILES string of the molecule is COC(=O)Cc1c(C)nc2[nH]ccc2c1I. The van der Waals surface area contributed by atoms with E-state index in [0.717, 1.165) is 25.9 Å². The summed E-state index contributed by atoms with van der Waals surface area (Å²) in [6.45, 7) is 1.90. The van der Waals surface area contributed by atoms with E-state index in [1.807, 2.05) is 19.2 Å². The van der Waals surface area contributed by atoms with Crippen LogP contribution in [0.2, 0.25) is 0 Å². The van der Waals surface area contributed by atoms with Gasteiger partial charge in [0.05, 0.1) is 13.5 Å². The molecule has 0 spiro atoms. The Morgan fingerprint density at radius 1 is 1.62 bits per heavy atom. The zero-order valence-electron chi connectivity index (χ0n) is 9.00. The van der Waals surface area contributed by atoms with Gasteiger partial charge in [-0.25, -0.2) is 4.98 Å². The van der Waals surface area contributed by atoms with Crippen LogP contribution < -0.4 is 0 Å². The lowest BCUT2D eigenvalue weighted by Gasteiger charge is -2.07. The van der Waals surface area contributed by atoms with Gasteiger partial charge in [0.2, 0.25) is 0 Å². The molecule has 2 aromatic heterocycles. The second-order valence-corrected chi connectivity index (χ2v) is 4.56. The number of rotatable bonds is 2. The minimum absolute atomic E-state index is 0.238. The second-order valence-electron chi connectivity index (χ2n) is 3.48. The van der Waals surface area contributed by atoms with Crippen molar-refractivity contribution in [1.82, 2.24) is 9.97 Å². The summed E-state index contributed by atoms with van der Waals surface area (Å²) in [6.07, 6.45) is 2.12. The van der Waals surface area contributed by atoms with Crippen molar-refractivity contribution in [3.63, 3.8) is 0 Å². The Kier molecular flexibility index (Phi) is 3.13. The van der Waals surface area contributed by atoms with Gasteiger partial charge < -0.3 is 9.72 Å². The number of nitrogens with zero attached hydrogens (tertiary/aromatic N) is 1. The number of aryl methyl sites for hydroxylation is 1. The van der Waals surface area contributed by atoms with E-state index in [9.17, 15) is 4.79 Å². The van der Waals surface area contributed by atoms with E-state index in [2.05, 4.69) is 37.3 Å². The molecule has 5 heteroatoms. The first-order chi connectivity index (χ1) is 7.63. The normalized spacial score (nSPS) is 10.7. The Morgan fingerprint density at radius 2 is 2.38 bits per heavy atom. The van der Waals surface area contributed by atoms with Gasteiger partial charge >= 0.3 is 5.97 Å². The third-order valence-corrected chi connectivity index (χ3v) is 3.72. The molecule has 0 aliphatic rings. The molecule has 2 rings (SSSR count). The molecule has 0 amide bonds. The number of carbonyl (C=O) groups excluding carboxylic acids is 1. The number of nitrogens with one attached hydrogen (secondary N) is 1. The van der Waals surface area contributed by atoms with E-state index in [0.29, 0.717) is 0 Å². The molecule has 0 aliphatic heterocycles. The summed E-state index contributed by atoms with van der Waals surface area (Å²) in [6, 6.07) is 1.96. The largest absolute Gasteiger partial charge is 0.469 e. The number of methoxy groups -OCH3 is 1. The highest BCUT2D eigenvalue weighted by atomic mass is 127. The van der Waals surface area contributed by atoms with Crippen LogP contribution in [0, 0.1) is 10.5 Å². The summed E-state index contributed by atoms with van der Waals surface area (Å²) in [5.74, 6) is -0.238. The fourth-order valence-electron chi connectivity index (χ4n) is 1.61. The van der Waals surface area contributed by atoms with Crippen LogP contribution in [0.5, 0.6) is 0 Å². The van der Waals surface area contributed by atoms with Crippen LogP contribution in [0.1, 0.15) is 11.3 Å². The molecule has 4 nitrogen and oxygen atoms in total. The molecule has 0 atom stereocenters. The van der Waals surface area contributed by atoms with E-state index in [1.54, 1.807) is 0 Å². The summed E-state index contributed by atoms with van der Waals surface area (Å²) in [4.78, 5) is 18.8. The summed E-state index contributed by atoms with van der Waals surface area (Å²) in [5, 5.41) is 1.05. The molecule has 2 aromatic rings. The predicted molar refractivity (Wildman–Crippen MR) is 69.3 cm³/mol. The van der Waals surface area contributed by atoms with Gasteiger partial charge in [-0.1, -0.05) is 0 Å². The molecule has 84 valence electrons. The second kappa shape index (κ2) is 4.40. The smallest absolute Gasteiger partial charge is 0.310 e. The molecule has 2 heterocycles. The van der Waals surface area contributed by atoms with Gasteiger partial charge in [0.15, 0.2) is 0 Å². The fourth-order valence-corrected chi connectivity index (χ4v) is 2.63. The van der Waals surface area contributed by atoms with Gasteiger partial charge in [-0.05, 0) is 41.1 Å². The third-order valence-electron chi connectivity index (χ3n) is 2.49. The van der Waals surface area contributed by atoms with Crippen molar-refractivity contribution < 1.29 is 9.53 Å². The van der Waals surface area contributed by atoms with Crippen molar-refractivity contribution in [1.29, 1.82) is 0 Å². The number of H-pyrrole nitrogens is 1. The van der Waals surface area contributed by atoms with Crippen LogP contribution in [-0.4, -0.2) is 23.0 Å². The van der Waals surface area contributed by atoms with E-state index < -0.39 is 0 Å². The molecule has 0 aliphatic carbocycles. The number of aromatic nitrogens is 2. The minimum Gasteiger partial charge on any atom is -0.469 e. The summed E-state index contributed by atoms with van der Waals surface area (Å²) in [7, 11) is 1.40. The Balaban J connectivity index is 2.55. The van der Waals surface area contributed by atoms with Crippen LogP contribution in [0.3, 0.4) is 0 Å². The topological polar surface area (TPSA) is 55.0 Å². The molecule has 0 unspecified atom stereocenters. The van der Waals surface area contributed by atoms with Gasteiger partial charge in [-0.3, -0.25) is 4.79 Å². The van der Waals surface area contributed by atoms with Gasteiger partial charge in [-0.2, -0.15) is 0 Å². The van der Waals surface area contributed by atoms with E-state index in [4.69, 9.17) is 0 Å². The number of pyridine rings is 1. The summed E-state index contributed by atoms with van der Waals surface area (Å²) >= 11 is 2.24. The van der Waals surface area contributed by atoms with Crippen molar-refractivity contribution in [2.45, 2.75) is 13.3 Å². The van der Waals surface area contributed by atoms with Gasteiger partial charge in [-0.15, -0.1) is 0 Å². The minimum atomic E-state index is -0.238. The summed E-state index contributed by atoms with van der Waals surface area (Å²) in [5.41, 5.74) is 2.67. The van der Waals surface area contributed by atoms with Crippen molar-refractivity contribution in [3.8, 4) is 0 Å². The molecule has 16 heavy (non-hydrogen) atoms. The predicted octanol–water partition coefficient (Wildman–Crippen LogP) is 2.19. The zero-order chi connectivity index (χ0) is 11.7. The first kappa shape index (κ1) is 11.4. The molecule has 0 saturated carbocycles. The quantitative estimate of drug-likeness (QED) is 0.678. The Morgan fingerprint density at radius 3 is 3.06 bits per heavy atom. The monoisotopic (exact) mass is 330 g/mol. The summed E-state index contributed by atoms with van der Waals surface area (Å²) < 4.78 is 5.74. The number of hydrogen-bond donors (Lipinski definition) is 1. The standard InChI is InChI=1S/C11H11IN2O2/c1-6-8(5-9(15)16-2)10(12)7-3-4-13-11(7)14-6/h3-4H,5H2,1-2H3,(H,13,14). The van der Waals surface area contributed by atoms with Crippen molar-refractivity contribution >= 4 is 39.6 Å². The molecule has 0 fully saturated rings. The molecule has 0 bridgehead atoms. The van der Waals surface area contributed by atoms with E-state index in [-0.39, 0.29) is 12.4 Å². The maximum atomic E-state index is 11.3. The average Bonchev–Trinajstić information content (AvgIpc) is 2.71. The number of fused-ring (bicyclic) bond motifs is 1. The first-order valence-corrected chi connectivity index (χ1v) is 5.90. The van der Waals surface area contributed by atoms with Crippen LogP contribution in [0.15, 0.2) is 12.3 Å². The molecule has 0 radical (unpaired) electrons. The van der Waals surface area contributed by atoms with Crippen molar-refractivity contribution in [3.05, 3.63) is 27.1 Å². The number of carbonyl (C=O) groups is 1. The lowest BCUT2D eigenvalue weighted by atomic mass is 10.1. The maximum absolute atomic E-state index is 11.3. The van der Waals surface area contributed by atoms with Gasteiger partial charge in [0.1, 0.15) is 5.65 Å².